The molecule has 0 atom stereocenters. The SMILES string of the molecule is Cc1ccc(Cl)cc1NC(=O)c1cc(C(=O)NC(C)(C)C)ccn1. The summed E-state index contributed by atoms with van der Waals surface area (Å²) in [5, 5.41) is 6.15. The lowest BCUT2D eigenvalue weighted by molar-refractivity contribution is 0.0919. The molecule has 0 spiro atoms. The molecule has 0 aliphatic carbocycles. The van der Waals surface area contributed by atoms with E-state index in [4.69, 9.17) is 11.6 Å². The maximum absolute atomic E-state index is 12.4. The topological polar surface area (TPSA) is 71.1 Å². The fourth-order valence-electron chi connectivity index (χ4n) is 2.02. The summed E-state index contributed by atoms with van der Waals surface area (Å²) in [5.41, 5.74) is 1.68. The Morgan fingerprint density at radius 3 is 2.46 bits per heavy atom. The molecular weight excluding hydrogens is 326 g/mol. The molecule has 2 aromatic rings. The largest absolute Gasteiger partial charge is 0.347 e. The molecule has 2 N–H and O–H groups in total. The lowest BCUT2D eigenvalue weighted by Crippen LogP contribution is -2.40. The van der Waals surface area contributed by atoms with Gasteiger partial charge >= 0.3 is 0 Å². The van der Waals surface area contributed by atoms with Gasteiger partial charge in [0, 0.05) is 28.0 Å². The summed E-state index contributed by atoms with van der Waals surface area (Å²) in [5.74, 6) is -0.649. The number of nitrogens with zero attached hydrogens (tertiary/aromatic N) is 1. The van der Waals surface area contributed by atoms with Gasteiger partial charge in [-0.15, -0.1) is 0 Å². The second-order valence-electron chi connectivity index (χ2n) is 6.55. The second kappa shape index (κ2) is 7.01. The summed E-state index contributed by atoms with van der Waals surface area (Å²) in [6.45, 7) is 7.54. The van der Waals surface area contributed by atoms with Crippen molar-refractivity contribution in [2.24, 2.45) is 0 Å². The third kappa shape index (κ3) is 4.80. The average molecular weight is 346 g/mol. The lowest BCUT2D eigenvalue weighted by Gasteiger charge is -2.20. The first-order chi connectivity index (χ1) is 11.2. The molecule has 0 fully saturated rings. The van der Waals surface area contributed by atoms with Gasteiger partial charge in [0.25, 0.3) is 11.8 Å². The first-order valence-corrected chi connectivity index (χ1v) is 7.89. The minimum Gasteiger partial charge on any atom is -0.347 e. The number of carbonyl (C=O) groups excluding carboxylic acids is 2. The van der Waals surface area contributed by atoms with Gasteiger partial charge in [-0.2, -0.15) is 0 Å². The number of carbonyl (C=O) groups is 2. The predicted octanol–water partition coefficient (Wildman–Crippen LogP) is 3.82. The summed E-state index contributed by atoms with van der Waals surface area (Å²) >= 11 is 5.95. The molecule has 2 rings (SSSR count). The van der Waals surface area contributed by atoms with E-state index in [1.165, 1.54) is 12.3 Å². The number of hydrogen-bond donors (Lipinski definition) is 2. The molecule has 0 aliphatic rings. The Kier molecular flexibility index (Phi) is 5.24. The number of nitrogens with one attached hydrogen (secondary N) is 2. The minimum absolute atomic E-state index is 0.163. The molecule has 0 radical (unpaired) electrons. The maximum atomic E-state index is 12.4. The highest BCUT2D eigenvalue weighted by molar-refractivity contribution is 6.31. The van der Waals surface area contributed by atoms with E-state index in [0.717, 1.165) is 5.56 Å². The van der Waals surface area contributed by atoms with Gasteiger partial charge in [0.05, 0.1) is 0 Å². The standard InChI is InChI=1S/C18H20ClN3O2/c1-11-5-6-13(19)10-14(11)21-17(24)15-9-12(7-8-20-15)16(23)22-18(2,3)4/h5-10H,1-4H3,(H,21,24)(H,22,23). The van der Waals surface area contributed by atoms with Crippen LogP contribution in [0.5, 0.6) is 0 Å². The Labute approximate surface area is 146 Å². The highest BCUT2D eigenvalue weighted by Crippen LogP contribution is 2.20. The molecule has 126 valence electrons. The van der Waals surface area contributed by atoms with Crippen molar-refractivity contribution in [2.75, 3.05) is 5.32 Å². The monoisotopic (exact) mass is 345 g/mol. The van der Waals surface area contributed by atoms with Crippen LogP contribution in [0.2, 0.25) is 5.02 Å². The predicted molar refractivity (Wildman–Crippen MR) is 95.6 cm³/mol. The van der Waals surface area contributed by atoms with E-state index in [0.29, 0.717) is 16.3 Å². The molecule has 0 bridgehead atoms. The number of aryl methyl sites for hydroxylation is 1. The fourth-order valence-corrected chi connectivity index (χ4v) is 2.20. The zero-order chi connectivity index (χ0) is 17.9. The molecule has 6 heteroatoms. The van der Waals surface area contributed by atoms with Crippen molar-refractivity contribution in [1.82, 2.24) is 10.3 Å². The number of aromatic nitrogens is 1. The highest BCUT2D eigenvalue weighted by Gasteiger charge is 2.17. The Bertz CT molecular complexity index is 782. The highest BCUT2D eigenvalue weighted by atomic mass is 35.5. The lowest BCUT2D eigenvalue weighted by atomic mass is 10.1. The summed E-state index contributed by atoms with van der Waals surface area (Å²) in [4.78, 5) is 28.6. The molecule has 0 saturated heterocycles. The van der Waals surface area contributed by atoms with E-state index in [1.807, 2.05) is 33.8 Å². The van der Waals surface area contributed by atoms with Gasteiger partial charge in [-0.05, 0) is 57.5 Å². The smallest absolute Gasteiger partial charge is 0.274 e. The van der Waals surface area contributed by atoms with Crippen molar-refractivity contribution in [2.45, 2.75) is 33.2 Å². The number of halogens is 1. The zero-order valence-electron chi connectivity index (χ0n) is 14.1. The van der Waals surface area contributed by atoms with Gasteiger partial charge in [-0.3, -0.25) is 14.6 Å². The molecule has 0 aliphatic heterocycles. The molecule has 24 heavy (non-hydrogen) atoms. The number of pyridine rings is 1. The Hall–Kier alpha value is -2.40. The van der Waals surface area contributed by atoms with Crippen LogP contribution in [0.25, 0.3) is 0 Å². The minimum atomic E-state index is -0.397. The van der Waals surface area contributed by atoms with E-state index >= 15 is 0 Å². The van der Waals surface area contributed by atoms with Gasteiger partial charge in [-0.25, -0.2) is 0 Å². The van der Waals surface area contributed by atoms with Crippen molar-refractivity contribution in [3.63, 3.8) is 0 Å². The van der Waals surface area contributed by atoms with Crippen LogP contribution in [0.15, 0.2) is 36.5 Å². The first-order valence-electron chi connectivity index (χ1n) is 7.52. The molecule has 0 saturated carbocycles. The van der Waals surface area contributed by atoms with E-state index in [2.05, 4.69) is 15.6 Å². The van der Waals surface area contributed by atoms with Crippen LogP contribution in [-0.4, -0.2) is 22.3 Å². The molecule has 0 unspecified atom stereocenters. The third-order valence-electron chi connectivity index (χ3n) is 3.19. The van der Waals surface area contributed by atoms with Crippen LogP contribution in [0.1, 0.15) is 47.2 Å². The van der Waals surface area contributed by atoms with Crippen molar-refractivity contribution in [1.29, 1.82) is 0 Å². The third-order valence-corrected chi connectivity index (χ3v) is 3.43. The Morgan fingerprint density at radius 2 is 1.79 bits per heavy atom. The van der Waals surface area contributed by atoms with Crippen molar-refractivity contribution in [3.8, 4) is 0 Å². The summed E-state index contributed by atoms with van der Waals surface area (Å²) in [6.07, 6.45) is 1.44. The summed E-state index contributed by atoms with van der Waals surface area (Å²) in [7, 11) is 0. The molecule has 2 amide bonds. The van der Waals surface area contributed by atoms with E-state index in [-0.39, 0.29) is 17.1 Å². The van der Waals surface area contributed by atoms with Crippen LogP contribution < -0.4 is 10.6 Å². The molecular formula is C18H20ClN3O2. The van der Waals surface area contributed by atoms with Crippen LogP contribution in [0.4, 0.5) is 5.69 Å². The van der Waals surface area contributed by atoms with Crippen LogP contribution in [0, 0.1) is 6.92 Å². The Balaban J connectivity index is 2.20. The second-order valence-corrected chi connectivity index (χ2v) is 6.98. The fraction of sp³-hybridized carbons (Fsp3) is 0.278. The van der Waals surface area contributed by atoms with Crippen molar-refractivity contribution < 1.29 is 9.59 Å². The number of hydrogen-bond acceptors (Lipinski definition) is 3. The zero-order valence-corrected chi connectivity index (χ0v) is 14.9. The Morgan fingerprint density at radius 1 is 1.08 bits per heavy atom. The van der Waals surface area contributed by atoms with Gasteiger partial charge in [0.15, 0.2) is 0 Å². The number of amides is 2. The van der Waals surface area contributed by atoms with Crippen molar-refractivity contribution in [3.05, 3.63) is 58.4 Å². The number of anilines is 1. The molecule has 1 aromatic heterocycles. The summed E-state index contributed by atoms with van der Waals surface area (Å²) < 4.78 is 0. The van der Waals surface area contributed by atoms with Crippen molar-refractivity contribution >= 4 is 29.1 Å². The quantitative estimate of drug-likeness (QED) is 0.888. The van der Waals surface area contributed by atoms with E-state index < -0.39 is 5.91 Å². The maximum Gasteiger partial charge on any atom is 0.274 e. The molecule has 1 heterocycles. The van der Waals surface area contributed by atoms with Crippen LogP contribution >= 0.6 is 11.6 Å². The van der Waals surface area contributed by atoms with E-state index in [9.17, 15) is 9.59 Å². The van der Waals surface area contributed by atoms with E-state index in [1.54, 1.807) is 18.2 Å². The molecule has 5 nitrogen and oxygen atoms in total. The van der Waals surface area contributed by atoms with Gasteiger partial charge in [0.2, 0.25) is 0 Å². The number of rotatable bonds is 3. The van der Waals surface area contributed by atoms with Crippen LogP contribution in [0.3, 0.4) is 0 Å². The molecule has 1 aromatic carbocycles. The van der Waals surface area contributed by atoms with Gasteiger partial charge < -0.3 is 10.6 Å². The normalized spacial score (nSPS) is 11.0. The van der Waals surface area contributed by atoms with Gasteiger partial charge in [0.1, 0.15) is 5.69 Å². The summed E-state index contributed by atoms with van der Waals surface area (Å²) in [6, 6.07) is 8.28. The van der Waals surface area contributed by atoms with Gasteiger partial charge in [-0.1, -0.05) is 17.7 Å². The number of benzene rings is 1. The average Bonchev–Trinajstić information content (AvgIpc) is 2.49. The first kappa shape index (κ1) is 17.9. The van der Waals surface area contributed by atoms with Crippen LogP contribution in [-0.2, 0) is 0 Å².